The van der Waals surface area contributed by atoms with Gasteiger partial charge in [0.15, 0.2) is 0 Å². The molecule has 0 radical (unpaired) electrons. The summed E-state index contributed by atoms with van der Waals surface area (Å²) in [6, 6.07) is 12.3. The third-order valence-electron chi connectivity index (χ3n) is 3.63. The van der Waals surface area contributed by atoms with Gasteiger partial charge in [0, 0.05) is 0 Å². The molecule has 2 aromatic carbocycles. The fourth-order valence-electron chi connectivity index (χ4n) is 1.96. The molecule has 0 saturated heterocycles. The molecule has 0 aliphatic heterocycles. The van der Waals surface area contributed by atoms with E-state index in [0.717, 1.165) is 11.4 Å². The van der Waals surface area contributed by atoms with Gasteiger partial charge in [0.25, 0.3) is 0 Å². The van der Waals surface area contributed by atoms with Crippen LogP contribution in [0.15, 0.2) is 36.4 Å². The fourth-order valence-corrected chi connectivity index (χ4v) is 1.96. The van der Waals surface area contributed by atoms with Crippen LogP contribution in [0.1, 0.15) is 22.3 Å². The van der Waals surface area contributed by atoms with Crippen molar-refractivity contribution in [3.63, 3.8) is 0 Å². The Morgan fingerprint density at radius 1 is 0.609 bits per heavy atom. The van der Waals surface area contributed by atoms with Gasteiger partial charge in [0.1, 0.15) is 0 Å². The van der Waals surface area contributed by atoms with Crippen molar-refractivity contribution in [2.45, 2.75) is 27.7 Å². The minimum Gasteiger partial charge on any atom is -1.00 e. The topological polar surface area (TPSA) is 28.2 Å². The van der Waals surface area contributed by atoms with Crippen molar-refractivity contribution in [3.05, 3.63) is 69.3 Å². The summed E-state index contributed by atoms with van der Waals surface area (Å²) in [4.78, 5) is 0. The number of nitrogens with zero attached hydrogens (tertiary/aromatic N) is 2. The van der Waals surface area contributed by atoms with Gasteiger partial charge in [-0.15, -0.1) is 25.5 Å². The first kappa shape index (κ1) is 27.6. The standard InChI is InChI=1S/2C9H12N.2BrH.Ti/c2*1-7-5-4-6-9(10-3)8(7)2;;;/h2*4-6H,1-3H3;2*1H;/q2*-1;;;+4/p-2. The van der Waals surface area contributed by atoms with Gasteiger partial charge in [-0.3, -0.25) is 0 Å². The zero-order valence-electron chi connectivity index (χ0n) is 14.6. The maximum Gasteiger partial charge on any atom is 4.00 e. The zero-order chi connectivity index (χ0) is 15.1. The maximum atomic E-state index is 4.13. The fraction of sp³-hybridized carbons (Fsp3) is 0.333. The molecule has 0 amide bonds. The third-order valence-corrected chi connectivity index (χ3v) is 3.63. The number of aryl methyl sites for hydroxylation is 2. The van der Waals surface area contributed by atoms with Crippen molar-refractivity contribution in [1.82, 2.24) is 0 Å². The summed E-state index contributed by atoms with van der Waals surface area (Å²) in [5, 5.41) is 8.26. The Labute approximate surface area is 177 Å². The van der Waals surface area contributed by atoms with Crippen molar-refractivity contribution in [1.29, 1.82) is 0 Å². The van der Waals surface area contributed by atoms with Crippen molar-refractivity contribution in [2.24, 2.45) is 0 Å². The quantitative estimate of drug-likeness (QED) is 0.542. The van der Waals surface area contributed by atoms with Crippen LogP contribution in [-0.2, 0) is 21.7 Å². The monoisotopic (exact) mass is 474 g/mol. The van der Waals surface area contributed by atoms with E-state index in [1.807, 2.05) is 38.4 Å². The van der Waals surface area contributed by atoms with Crippen LogP contribution in [0.5, 0.6) is 0 Å². The molecule has 23 heavy (non-hydrogen) atoms. The van der Waals surface area contributed by atoms with Crippen LogP contribution in [0, 0.1) is 27.7 Å². The maximum absolute atomic E-state index is 4.13. The molecule has 0 atom stereocenters. The van der Waals surface area contributed by atoms with Gasteiger partial charge in [-0.25, -0.2) is 0 Å². The van der Waals surface area contributed by atoms with E-state index in [-0.39, 0.29) is 55.7 Å². The normalized spacial score (nSPS) is 8.26. The second-order valence-electron chi connectivity index (χ2n) is 4.89. The zero-order valence-corrected chi connectivity index (χ0v) is 19.3. The predicted octanol–water partition coefficient (Wildman–Crippen LogP) is -0.118. The molecule has 0 fully saturated rings. The Hall–Kier alpha value is -0.286. The second kappa shape index (κ2) is 14.1. The van der Waals surface area contributed by atoms with Crippen molar-refractivity contribution in [2.75, 3.05) is 14.1 Å². The van der Waals surface area contributed by atoms with Crippen LogP contribution in [0.3, 0.4) is 0 Å². The Morgan fingerprint density at radius 3 is 1.13 bits per heavy atom. The van der Waals surface area contributed by atoms with E-state index in [1.54, 1.807) is 0 Å². The molecule has 0 unspecified atom stereocenters. The third kappa shape index (κ3) is 8.39. The average Bonchev–Trinajstić information content (AvgIpc) is 2.45. The minimum absolute atomic E-state index is 0. The van der Waals surface area contributed by atoms with E-state index in [4.69, 9.17) is 0 Å². The van der Waals surface area contributed by atoms with Crippen molar-refractivity contribution in [3.8, 4) is 0 Å². The summed E-state index contributed by atoms with van der Waals surface area (Å²) in [5.74, 6) is 0. The summed E-state index contributed by atoms with van der Waals surface area (Å²) < 4.78 is 0. The van der Waals surface area contributed by atoms with E-state index >= 15 is 0 Å². The Morgan fingerprint density at radius 2 is 0.913 bits per heavy atom. The SMILES string of the molecule is C[N-]c1cccc(C)c1C.C[N-]c1cccc(C)c1C.[Br-].[Br-].[Ti+4]. The van der Waals surface area contributed by atoms with E-state index in [1.165, 1.54) is 22.3 Å². The largest absolute Gasteiger partial charge is 4.00 e. The molecule has 2 aromatic rings. The van der Waals surface area contributed by atoms with Crippen LogP contribution < -0.4 is 34.0 Å². The molecule has 0 spiro atoms. The smallest absolute Gasteiger partial charge is 1.00 e. The molecule has 5 heteroatoms. The van der Waals surface area contributed by atoms with Crippen LogP contribution >= 0.6 is 0 Å². The molecule has 2 rings (SSSR count). The van der Waals surface area contributed by atoms with Gasteiger partial charge in [0.2, 0.25) is 0 Å². The van der Waals surface area contributed by atoms with Gasteiger partial charge >= 0.3 is 21.7 Å². The van der Waals surface area contributed by atoms with Crippen LogP contribution in [-0.4, -0.2) is 14.1 Å². The number of rotatable bonds is 2. The van der Waals surface area contributed by atoms with Crippen LogP contribution in [0.2, 0.25) is 0 Å². The molecular weight excluding hydrogens is 452 g/mol. The van der Waals surface area contributed by atoms with Crippen molar-refractivity contribution < 1.29 is 55.7 Å². The molecule has 0 aliphatic rings. The van der Waals surface area contributed by atoms with Gasteiger partial charge in [0.05, 0.1) is 0 Å². The molecule has 2 nitrogen and oxygen atoms in total. The van der Waals surface area contributed by atoms with E-state index < -0.39 is 0 Å². The molecule has 0 aliphatic carbocycles. The molecule has 0 aromatic heterocycles. The molecule has 124 valence electrons. The van der Waals surface area contributed by atoms with E-state index in [2.05, 4.69) is 50.5 Å². The predicted molar refractivity (Wildman–Crippen MR) is 89.7 cm³/mol. The summed E-state index contributed by atoms with van der Waals surface area (Å²) >= 11 is 0. The van der Waals surface area contributed by atoms with Crippen LogP contribution in [0.4, 0.5) is 11.4 Å². The molecule has 0 bridgehead atoms. The Balaban J connectivity index is -0.000000308. The minimum atomic E-state index is 0. The summed E-state index contributed by atoms with van der Waals surface area (Å²) in [6.45, 7) is 8.39. The van der Waals surface area contributed by atoms with E-state index in [0.29, 0.717) is 0 Å². The second-order valence-corrected chi connectivity index (χ2v) is 4.89. The number of hydrogen-bond acceptors (Lipinski definition) is 0. The Kier molecular flexibility index (Phi) is 16.9. The summed E-state index contributed by atoms with van der Waals surface area (Å²) in [7, 11) is 3.64. The molecule has 0 saturated carbocycles. The first-order valence-electron chi connectivity index (χ1n) is 6.83. The molecular formula is C18H24Br2N2Ti. The summed E-state index contributed by atoms with van der Waals surface area (Å²) in [5.41, 5.74) is 7.38. The van der Waals surface area contributed by atoms with Gasteiger partial charge in [-0.1, -0.05) is 47.5 Å². The van der Waals surface area contributed by atoms with E-state index in [9.17, 15) is 0 Å². The van der Waals surface area contributed by atoms with Gasteiger partial charge in [-0.2, -0.15) is 0 Å². The Bertz CT molecular complexity index is 523. The van der Waals surface area contributed by atoms with Crippen molar-refractivity contribution >= 4 is 11.4 Å². The van der Waals surface area contributed by atoms with Gasteiger partial charge in [-0.05, 0) is 38.8 Å². The van der Waals surface area contributed by atoms with Gasteiger partial charge < -0.3 is 44.6 Å². The molecule has 0 N–H and O–H groups in total. The first-order chi connectivity index (χ1) is 9.51. The number of halogens is 2. The average molecular weight is 476 g/mol. The number of benzene rings is 2. The summed E-state index contributed by atoms with van der Waals surface area (Å²) in [6.07, 6.45) is 0. The van der Waals surface area contributed by atoms with Crippen LogP contribution in [0.25, 0.3) is 10.6 Å². The first-order valence-corrected chi connectivity index (χ1v) is 6.83. The number of hydrogen-bond donors (Lipinski definition) is 0. The molecule has 0 heterocycles.